The number of aromatic amines is 1. The average Bonchev–Trinajstić information content (AvgIpc) is 2.78. The van der Waals surface area contributed by atoms with Crippen LogP contribution in [-0.4, -0.2) is 17.9 Å². The van der Waals surface area contributed by atoms with Gasteiger partial charge in [-0.05, 0) is 23.8 Å². The lowest BCUT2D eigenvalue weighted by Gasteiger charge is -2.12. The zero-order valence-corrected chi connectivity index (χ0v) is 13.9. The van der Waals surface area contributed by atoms with Gasteiger partial charge in [0.05, 0.1) is 16.3 Å². The normalized spacial score (nSPS) is 13.5. The Morgan fingerprint density at radius 2 is 1.86 bits per heavy atom. The number of H-pyrrole nitrogens is 1. The lowest BCUT2D eigenvalue weighted by molar-refractivity contribution is -0.119. The van der Waals surface area contributed by atoms with E-state index in [1.54, 1.807) is 13.2 Å². The smallest absolute Gasteiger partial charge is 0.266 e. The summed E-state index contributed by atoms with van der Waals surface area (Å²) in [5.41, 5.74) is 0.261. The van der Waals surface area contributed by atoms with Crippen LogP contribution in [0, 0.1) is 5.41 Å². The van der Waals surface area contributed by atoms with Crippen LogP contribution in [0.25, 0.3) is 12.2 Å². The number of methoxy groups -OCH3 is 1. The minimum Gasteiger partial charge on any atom is -0.497 e. The largest absolute Gasteiger partial charge is 0.497 e. The molecule has 22 heavy (non-hydrogen) atoms. The third kappa shape index (κ3) is 3.95. The predicted molar refractivity (Wildman–Crippen MR) is 89.7 cm³/mol. The highest BCUT2D eigenvalue weighted by Gasteiger charge is 2.18. The fourth-order valence-corrected chi connectivity index (χ4v) is 2.60. The number of carbonyl (C=O) groups excluding carboxylic acids is 1. The number of hydrogen-bond donors (Lipinski definition) is 1. The van der Waals surface area contributed by atoms with E-state index in [1.807, 2.05) is 45.0 Å². The fourth-order valence-electron chi connectivity index (χ4n) is 1.71. The van der Waals surface area contributed by atoms with E-state index in [1.165, 1.54) is 17.4 Å². The van der Waals surface area contributed by atoms with E-state index in [4.69, 9.17) is 4.74 Å². The first-order valence-corrected chi connectivity index (χ1v) is 7.72. The Bertz CT molecular complexity index is 836. The van der Waals surface area contributed by atoms with Gasteiger partial charge in [0.15, 0.2) is 5.78 Å². The Kier molecular flexibility index (Phi) is 4.66. The molecule has 0 radical (unpaired) electrons. The maximum Gasteiger partial charge on any atom is 0.266 e. The number of Topliss-reactive ketones (excluding diaryl/α,β-unsaturated/α-hetero) is 1. The zero-order chi connectivity index (χ0) is 16.3. The highest BCUT2D eigenvalue weighted by molar-refractivity contribution is 7.07. The van der Waals surface area contributed by atoms with E-state index in [0.29, 0.717) is 9.20 Å². The van der Waals surface area contributed by atoms with Crippen LogP contribution in [-0.2, 0) is 4.79 Å². The van der Waals surface area contributed by atoms with Gasteiger partial charge in [-0.1, -0.05) is 32.9 Å². The van der Waals surface area contributed by atoms with Crippen LogP contribution in [0.15, 0.2) is 29.1 Å². The summed E-state index contributed by atoms with van der Waals surface area (Å²) < 4.78 is 6.24. The molecule has 0 atom stereocenters. The Hall–Kier alpha value is -2.14. The van der Waals surface area contributed by atoms with Gasteiger partial charge in [-0.2, -0.15) is 0 Å². The van der Waals surface area contributed by atoms with Crippen LogP contribution in [0.1, 0.15) is 26.3 Å². The minimum absolute atomic E-state index is 0.0130. The number of nitrogens with one attached hydrogen (secondary N) is 1. The Balaban J connectivity index is 2.41. The van der Waals surface area contributed by atoms with Crippen LogP contribution < -0.4 is 19.5 Å². The van der Waals surface area contributed by atoms with Crippen molar-refractivity contribution < 1.29 is 9.53 Å². The second-order valence-electron chi connectivity index (χ2n) is 5.96. The van der Waals surface area contributed by atoms with Gasteiger partial charge in [-0.3, -0.25) is 9.59 Å². The summed E-state index contributed by atoms with van der Waals surface area (Å²) in [5, 5.41) is 0. The summed E-state index contributed by atoms with van der Waals surface area (Å²) in [7, 11) is 1.61. The van der Waals surface area contributed by atoms with Crippen LogP contribution in [0.2, 0.25) is 0 Å². The highest BCUT2D eigenvalue weighted by atomic mass is 32.1. The Morgan fingerprint density at radius 1 is 1.23 bits per heavy atom. The number of hydrogen-bond acceptors (Lipinski definition) is 4. The zero-order valence-electron chi connectivity index (χ0n) is 13.1. The van der Waals surface area contributed by atoms with Crippen LogP contribution in [0.3, 0.4) is 0 Å². The second-order valence-corrected chi connectivity index (χ2v) is 7.04. The second kappa shape index (κ2) is 6.32. The Labute approximate surface area is 132 Å². The minimum atomic E-state index is -0.458. The molecule has 4 nitrogen and oxygen atoms in total. The molecule has 0 saturated carbocycles. The molecule has 0 unspecified atom stereocenters. The topological polar surface area (TPSA) is 59.2 Å². The lowest BCUT2D eigenvalue weighted by atomic mass is 9.91. The van der Waals surface area contributed by atoms with Gasteiger partial charge in [-0.15, -0.1) is 11.3 Å². The van der Waals surface area contributed by atoms with Gasteiger partial charge >= 0.3 is 0 Å². The van der Waals surface area contributed by atoms with Crippen molar-refractivity contribution in [2.24, 2.45) is 5.41 Å². The van der Waals surface area contributed by atoms with Crippen LogP contribution in [0.5, 0.6) is 5.75 Å². The molecular weight excluding hydrogens is 298 g/mol. The summed E-state index contributed by atoms with van der Waals surface area (Å²) in [6.07, 6.45) is 3.29. The number of ketones is 1. The molecule has 0 bridgehead atoms. The molecule has 2 rings (SSSR count). The van der Waals surface area contributed by atoms with Gasteiger partial charge in [0, 0.05) is 11.5 Å². The van der Waals surface area contributed by atoms with Crippen molar-refractivity contribution in [3.63, 3.8) is 0 Å². The highest BCUT2D eigenvalue weighted by Crippen LogP contribution is 2.14. The van der Waals surface area contributed by atoms with E-state index >= 15 is 0 Å². The summed E-state index contributed by atoms with van der Waals surface area (Å²) in [5.74, 6) is 0.753. The molecule has 0 amide bonds. The molecule has 0 saturated heterocycles. The van der Waals surface area contributed by atoms with E-state index in [9.17, 15) is 9.59 Å². The molecule has 0 aliphatic carbocycles. The lowest BCUT2D eigenvalue weighted by Crippen LogP contribution is -2.22. The van der Waals surface area contributed by atoms with Gasteiger partial charge in [0.2, 0.25) is 0 Å². The molecule has 116 valence electrons. The van der Waals surface area contributed by atoms with E-state index < -0.39 is 5.41 Å². The molecular formula is C17H19NO3S. The van der Waals surface area contributed by atoms with Gasteiger partial charge in [0.25, 0.3) is 5.56 Å². The molecule has 0 aliphatic rings. The van der Waals surface area contributed by atoms with E-state index in [-0.39, 0.29) is 11.3 Å². The van der Waals surface area contributed by atoms with Crippen LogP contribution >= 0.6 is 11.3 Å². The third-order valence-electron chi connectivity index (χ3n) is 3.10. The molecule has 1 aromatic carbocycles. The number of thiazole rings is 1. The number of carbonyl (C=O) groups is 1. The SMILES string of the molecule is COc1ccc(/C=c2/s/c(=C/C(=O)C(C)(C)C)[nH]c2=O)cc1. The standard InChI is InChI=1S/C17H19NO3S/c1-17(2,3)14(19)10-15-18-16(20)13(22-15)9-11-5-7-12(21-4)8-6-11/h5-10H,1-4H3,(H,18,20)/b13-9+,15-10+. The number of benzene rings is 1. The van der Waals surface area contributed by atoms with Crippen molar-refractivity contribution in [2.45, 2.75) is 20.8 Å². The summed E-state index contributed by atoms with van der Waals surface area (Å²) in [6, 6.07) is 7.43. The molecule has 5 heteroatoms. The molecule has 1 N–H and O–H groups in total. The van der Waals surface area contributed by atoms with Gasteiger partial charge in [-0.25, -0.2) is 0 Å². The Morgan fingerprint density at radius 3 is 2.41 bits per heavy atom. The summed E-state index contributed by atoms with van der Waals surface area (Å²) >= 11 is 1.28. The van der Waals surface area contributed by atoms with Crippen molar-refractivity contribution in [2.75, 3.05) is 7.11 Å². The average molecular weight is 317 g/mol. The van der Waals surface area contributed by atoms with Crippen molar-refractivity contribution in [3.05, 3.63) is 49.4 Å². The molecule has 2 aromatic rings. The van der Waals surface area contributed by atoms with Crippen LogP contribution in [0.4, 0.5) is 0 Å². The van der Waals surface area contributed by atoms with Gasteiger partial charge in [0.1, 0.15) is 5.75 Å². The summed E-state index contributed by atoms with van der Waals surface area (Å²) in [4.78, 5) is 26.7. The van der Waals surface area contributed by atoms with Crippen molar-refractivity contribution in [1.82, 2.24) is 4.98 Å². The monoisotopic (exact) mass is 317 g/mol. The fraction of sp³-hybridized carbons (Fsp3) is 0.294. The first-order chi connectivity index (χ1) is 10.3. The van der Waals surface area contributed by atoms with Crippen molar-refractivity contribution in [3.8, 4) is 5.75 Å². The molecule has 0 fully saturated rings. The quantitative estimate of drug-likeness (QED) is 0.937. The van der Waals surface area contributed by atoms with Crippen molar-refractivity contribution >= 4 is 29.3 Å². The van der Waals surface area contributed by atoms with Gasteiger partial charge < -0.3 is 9.72 Å². The molecule has 0 spiro atoms. The number of rotatable bonds is 3. The first kappa shape index (κ1) is 16.2. The summed E-state index contributed by atoms with van der Waals surface area (Å²) in [6.45, 7) is 5.55. The first-order valence-electron chi connectivity index (χ1n) is 6.90. The number of aromatic nitrogens is 1. The van der Waals surface area contributed by atoms with E-state index in [2.05, 4.69) is 4.98 Å². The molecule has 1 aromatic heterocycles. The predicted octanol–water partition coefficient (Wildman–Crippen LogP) is 1.67. The molecule has 1 heterocycles. The third-order valence-corrected chi connectivity index (χ3v) is 4.06. The number of ether oxygens (including phenoxy) is 1. The van der Waals surface area contributed by atoms with Crippen molar-refractivity contribution in [1.29, 1.82) is 0 Å². The maximum absolute atomic E-state index is 12.0. The van der Waals surface area contributed by atoms with E-state index in [0.717, 1.165) is 11.3 Å². The molecule has 0 aliphatic heterocycles. The maximum atomic E-state index is 12.0.